The second-order valence-electron chi connectivity index (χ2n) is 5.82. The van der Waals surface area contributed by atoms with Gasteiger partial charge in [0.05, 0.1) is 6.10 Å². The fraction of sp³-hybridized carbons (Fsp3) is 0.529. The van der Waals surface area contributed by atoms with E-state index in [0.29, 0.717) is 17.9 Å². The molecule has 0 aromatic heterocycles. The Labute approximate surface area is 135 Å². The van der Waals surface area contributed by atoms with Crippen LogP contribution in [0.15, 0.2) is 12.1 Å². The van der Waals surface area contributed by atoms with Crippen molar-refractivity contribution in [3.05, 3.63) is 28.8 Å². The zero-order valence-corrected chi connectivity index (χ0v) is 13.6. The second kappa shape index (κ2) is 7.97. The molecule has 1 heterocycles. The lowest BCUT2D eigenvalue weighted by atomic mass is 10.0. The maximum Gasteiger partial charge on any atom is 0.341 e. The Bertz CT molecular complexity index is 555. The Morgan fingerprint density at radius 1 is 1.30 bits per heavy atom. The van der Waals surface area contributed by atoms with Crippen LogP contribution in [0.3, 0.4) is 0 Å². The van der Waals surface area contributed by atoms with Crippen LogP contribution < -0.4 is 10.1 Å². The first kappa shape index (κ1) is 17.3. The summed E-state index contributed by atoms with van der Waals surface area (Å²) in [5.74, 6) is -0.673. The monoisotopic (exact) mass is 321 g/mol. The van der Waals surface area contributed by atoms with E-state index in [9.17, 15) is 9.59 Å². The van der Waals surface area contributed by atoms with Gasteiger partial charge in [-0.2, -0.15) is 0 Å². The Morgan fingerprint density at radius 3 is 2.57 bits per heavy atom. The van der Waals surface area contributed by atoms with Crippen molar-refractivity contribution >= 4 is 11.9 Å². The molecule has 0 spiro atoms. The molecule has 0 bridgehead atoms. The summed E-state index contributed by atoms with van der Waals surface area (Å²) < 4.78 is 10.9. The van der Waals surface area contributed by atoms with E-state index in [2.05, 4.69) is 5.32 Å². The van der Waals surface area contributed by atoms with Crippen molar-refractivity contribution in [1.29, 1.82) is 0 Å². The summed E-state index contributed by atoms with van der Waals surface area (Å²) in [5.41, 5.74) is 2.02. The van der Waals surface area contributed by atoms with Gasteiger partial charge in [-0.15, -0.1) is 0 Å². The van der Waals surface area contributed by atoms with E-state index in [0.717, 1.165) is 37.0 Å². The van der Waals surface area contributed by atoms with E-state index >= 15 is 0 Å². The van der Waals surface area contributed by atoms with Gasteiger partial charge < -0.3 is 19.9 Å². The average molecular weight is 321 g/mol. The highest BCUT2D eigenvalue weighted by Gasteiger charge is 2.17. The van der Waals surface area contributed by atoms with E-state index < -0.39 is 12.6 Å². The van der Waals surface area contributed by atoms with Gasteiger partial charge in [0.25, 0.3) is 5.91 Å². The van der Waals surface area contributed by atoms with Crippen molar-refractivity contribution < 1.29 is 24.2 Å². The number of carboxylic acids is 1. The van der Waals surface area contributed by atoms with Crippen LogP contribution in [0, 0.1) is 13.8 Å². The lowest BCUT2D eigenvalue weighted by Gasteiger charge is -2.22. The predicted octanol–water partition coefficient (Wildman–Crippen LogP) is 2.07. The molecule has 2 rings (SSSR count). The summed E-state index contributed by atoms with van der Waals surface area (Å²) in [6.45, 7) is 4.46. The molecule has 1 amide bonds. The minimum atomic E-state index is -1.03. The molecule has 23 heavy (non-hydrogen) atoms. The molecule has 1 saturated heterocycles. The number of ether oxygens (including phenoxy) is 2. The van der Waals surface area contributed by atoms with Gasteiger partial charge in [0.15, 0.2) is 6.61 Å². The first-order valence-corrected chi connectivity index (χ1v) is 7.83. The number of carboxylic acid groups (broad SMARTS) is 1. The molecule has 0 saturated carbocycles. The van der Waals surface area contributed by atoms with E-state index in [1.54, 1.807) is 26.0 Å². The topological polar surface area (TPSA) is 84.9 Å². The van der Waals surface area contributed by atoms with Crippen LogP contribution in [0.2, 0.25) is 0 Å². The first-order chi connectivity index (χ1) is 11.0. The average Bonchev–Trinajstić information content (AvgIpc) is 2.52. The van der Waals surface area contributed by atoms with Crippen molar-refractivity contribution in [3.63, 3.8) is 0 Å². The standard InChI is InChI=1S/C17H23NO5/c1-11-7-13(8-12(2)16(11)23-10-15(19)20)17(21)18-9-14-5-3-4-6-22-14/h7-8,14H,3-6,9-10H2,1-2H3,(H,18,21)(H,19,20). The maximum absolute atomic E-state index is 12.3. The summed E-state index contributed by atoms with van der Waals surface area (Å²) in [6, 6.07) is 3.42. The fourth-order valence-corrected chi connectivity index (χ4v) is 2.72. The zero-order valence-electron chi connectivity index (χ0n) is 13.6. The van der Waals surface area contributed by atoms with E-state index in [1.807, 2.05) is 0 Å². The third kappa shape index (κ3) is 4.96. The van der Waals surface area contributed by atoms with E-state index in [4.69, 9.17) is 14.6 Å². The summed E-state index contributed by atoms with van der Waals surface area (Å²) in [4.78, 5) is 22.9. The van der Waals surface area contributed by atoms with Gasteiger partial charge in [-0.3, -0.25) is 4.79 Å². The van der Waals surface area contributed by atoms with Gasteiger partial charge >= 0.3 is 5.97 Å². The highest BCUT2D eigenvalue weighted by atomic mass is 16.5. The molecule has 0 radical (unpaired) electrons. The number of benzene rings is 1. The zero-order chi connectivity index (χ0) is 16.8. The minimum Gasteiger partial charge on any atom is -0.481 e. The highest BCUT2D eigenvalue weighted by molar-refractivity contribution is 5.95. The Balaban J connectivity index is 1.98. The number of nitrogens with one attached hydrogen (secondary N) is 1. The molecule has 6 nitrogen and oxygen atoms in total. The number of amides is 1. The van der Waals surface area contributed by atoms with Crippen molar-refractivity contribution in [1.82, 2.24) is 5.32 Å². The predicted molar refractivity (Wildman–Crippen MR) is 85.0 cm³/mol. The first-order valence-electron chi connectivity index (χ1n) is 7.83. The van der Waals surface area contributed by atoms with Crippen molar-refractivity contribution in [3.8, 4) is 5.75 Å². The molecule has 1 aliphatic heterocycles. The van der Waals surface area contributed by atoms with Crippen LogP contribution in [0.1, 0.15) is 40.7 Å². The summed E-state index contributed by atoms with van der Waals surface area (Å²) in [7, 11) is 0. The number of hydrogen-bond donors (Lipinski definition) is 2. The van der Waals surface area contributed by atoms with Gasteiger partial charge in [-0.05, 0) is 56.4 Å². The molecule has 1 aliphatic rings. The molecule has 1 unspecified atom stereocenters. The molecule has 126 valence electrons. The Morgan fingerprint density at radius 2 is 2.00 bits per heavy atom. The van der Waals surface area contributed by atoms with E-state index in [1.165, 1.54) is 0 Å². The highest BCUT2D eigenvalue weighted by Crippen LogP contribution is 2.25. The van der Waals surface area contributed by atoms with Crippen LogP contribution in [0.25, 0.3) is 0 Å². The van der Waals surface area contributed by atoms with Gasteiger partial charge in [-0.1, -0.05) is 0 Å². The smallest absolute Gasteiger partial charge is 0.341 e. The second-order valence-corrected chi connectivity index (χ2v) is 5.82. The lowest BCUT2D eigenvalue weighted by Crippen LogP contribution is -2.35. The van der Waals surface area contributed by atoms with Crippen LogP contribution in [0.5, 0.6) is 5.75 Å². The molecular formula is C17H23NO5. The van der Waals surface area contributed by atoms with Crippen LogP contribution in [-0.2, 0) is 9.53 Å². The number of aliphatic carboxylic acids is 1. The third-order valence-corrected chi connectivity index (χ3v) is 3.83. The van der Waals surface area contributed by atoms with Gasteiger partial charge in [0, 0.05) is 18.7 Å². The molecule has 0 aliphatic carbocycles. The Kier molecular flexibility index (Phi) is 5.98. The maximum atomic E-state index is 12.3. The van der Waals surface area contributed by atoms with Crippen molar-refractivity contribution in [2.24, 2.45) is 0 Å². The lowest BCUT2D eigenvalue weighted by molar-refractivity contribution is -0.139. The van der Waals surface area contributed by atoms with Crippen LogP contribution >= 0.6 is 0 Å². The molecule has 1 aromatic carbocycles. The quantitative estimate of drug-likeness (QED) is 0.838. The number of carbonyl (C=O) groups is 2. The molecule has 1 fully saturated rings. The molecule has 1 atom stereocenters. The summed E-state index contributed by atoms with van der Waals surface area (Å²) >= 11 is 0. The van der Waals surface area contributed by atoms with Crippen LogP contribution in [0.4, 0.5) is 0 Å². The molecule has 1 aromatic rings. The Hall–Kier alpha value is -2.08. The van der Waals surface area contributed by atoms with Gasteiger partial charge in [0.2, 0.25) is 0 Å². The van der Waals surface area contributed by atoms with E-state index in [-0.39, 0.29) is 12.0 Å². The van der Waals surface area contributed by atoms with Crippen molar-refractivity contribution in [2.75, 3.05) is 19.8 Å². The van der Waals surface area contributed by atoms with Gasteiger partial charge in [-0.25, -0.2) is 4.79 Å². The minimum absolute atomic E-state index is 0.0908. The fourth-order valence-electron chi connectivity index (χ4n) is 2.72. The molecular weight excluding hydrogens is 298 g/mol. The number of rotatable bonds is 6. The summed E-state index contributed by atoms with van der Waals surface area (Å²) in [5, 5.41) is 11.6. The number of carbonyl (C=O) groups excluding carboxylic acids is 1. The van der Waals surface area contributed by atoms with Crippen molar-refractivity contribution in [2.45, 2.75) is 39.2 Å². The summed E-state index contributed by atoms with van der Waals surface area (Å²) in [6.07, 6.45) is 3.28. The number of hydrogen-bond acceptors (Lipinski definition) is 4. The SMILES string of the molecule is Cc1cc(C(=O)NCC2CCCCO2)cc(C)c1OCC(=O)O. The largest absolute Gasteiger partial charge is 0.481 e. The normalized spacial score (nSPS) is 17.6. The molecule has 2 N–H and O–H groups in total. The van der Waals surface area contributed by atoms with Gasteiger partial charge in [0.1, 0.15) is 5.75 Å². The third-order valence-electron chi connectivity index (χ3n) is 3.83. The number of aryl methyl sites for hydroxylation is 2. The van der Waals surface area contributed by atoms with Crippen LogP contribution in [-0.4, -0.2) is 42.8 Å². The molecule has 6 heteroatoms.